The minimum absolute atomic E-state index is 0.171. The molecule has 20 heavy (non-hydrogen) atoms. The van der Waals surface area contributed by atoms with Crippen molar-refractivity contribution in [1.82, 2.24) is 19.9 Å². The third kappa shape index (κ3) is 2.09. The normalized spacial score (nSPS) is 10.7. The number of phenols is 1. The Balaban J connectivity index is 1.88. The number of nitrogens with zero attached hydrogens (tertiary/aromatic N) is 3. The summed E-state index contributed by atoms with van der Waals surface area (Å²) in [5.74, 6) is 1.38. The molecule has 0 atom stereocenters. The molecule has 0 aliphatic heterocycles. The number of phenolic OH excluding ortho intramolecular Hbond substituents is 1. The minimum Gasteiger partial charge on any atom is -0.507 e. The lowest BCUT2D eigenvalue weighted by molar-refractivity contribution is 0.400. The topological polar surface area (TPSA) is 96.0 Å². The highest BCUT2D eigenvalue weighted by Crippen LogP contribution is 2.28. The van der Waals surface area contributed by atoms with Crippen molar-refractivity contribution in [2.24, 2.45) is 0 Å². The molecule has 0 saturated heterocycles. The van der Waals surface area contributed by atoms with Crippen molar-refractivity contribution in [3.8, 4) is 11.5 Å². The van der Waals surface area contributed by atoms with E-state index >= 15 is 0 Å². The number of hydrogen-bond acceptors (Lipinski definition) is 6. The van der Waals surface area contributed by atoms with Crippen molar-refractivity contribution >= 4 is 17.0 Å². The fraction of sp³-hybridized carbons (Fsp3) is 0.154. The number of aromatic amines is 1. The van der Waals surface area contributed by atoms with Crippen molar-refractivity contribution in [3.63, 3.8) is 0 Å². The number of ether oxygens (including phenoxy) is 1. The zero-order valence-corrected chi connectivity index (χ0v) is 10.8. The number of aromatic hydroxyl groups is 1. The van der Waals surface area contributed by atoms with Gasteiger partial charge in [-0.25, -0.2) is 15.0 Å². The van der Waals surface area contributed by atoms with Crippen LogP contribution in [0.4, 0.5) is 5.82 Å². The van der Waals surface area contributed by atoms with Gasteiger partial charge in [0.2, 0.25) is 0 Å². The van der Waals surface area contributed by atoms with Gasteiger partial charge in [0, 0.05) is 6.54 Å². The maximum absolute atomic E-state index is 9.90. The van der Waals surface area contributed by atoms with Crippen LogP contribution in [0.5, 0.6) is 11.5 Å². The van der Waals surface area contributed by atoms with Gasteiger partial charge in [0.1, 0.15) is 23.3 Å². The van der Waals surface area contributed by atoms with Crippen molar-refractivity contribution in [2.45, 2.75) is 6.54 Å². The quantitative estimate of drug-likeness (QED) is 0.668. The van der Waals surface area contributed by atoms with Crippen molar-refractivity contribution in [1.29, 1.82) is 0 Å². The third-order valence-electron chi connectivity index (χ3n) is 2.98. The number of anilines is 1. The van der Waals surface area contributed by atoms with Crippen LogP contribution in [0.1, 0.15) is 5.56 Å². The number of hydrogen-bond donors (Lipinski definition) is 3. The number of benzene rings is 1. The maximum Gasteiger partial charge on any atom is 0.162 e. The van der Waals surface area contributed by atoms with Crippen LogP contribution in [-0.4, -0.2) is 32.2 Å². The van der Waals surface area contributed by atoms with Crippen molar-refractivity contribution in [2.75, 3.05) is 12.4 Å². The summed E-state index contributed by atoms with van der Waals surface area (Å²) in [6.45, 7) is 0.370. The zero-order valence-electron chi connectivity index (χ0n) is 10.8. The molecule has 1 aromatic carbocycles. The van der Waals surface area contributed by atoms with E-state index in [1.165, 1.54) is 6.33 Å². The fourth-order valence-corrected chi connectivity index (χ4v) is 1.99. The van der Waals surface area contributed by atoms with Gasteiger partial charge in [0.05, 0.1) is 19.0 Å². The first-order valence-electron chi connectivity index (χ1n) is 6.02. The summed E-state index contributed by atoms with van der Waals surface area (Å²) in [5.41, 5.74) is 1.98. The SMILES string of the molecule is COc1cccc(O)c1CNc1ncnc2[nH]cnc12. The van der Waals surface area contributed by atoms with Gasteiger partial charge >= 0.3 is 0 Å². The van der Waals surface area contributed by atoms with E-state index in [4.69, 9.17) is 4.74 Å². The molecule has 0 fully saturated rings. The van der Waals surface area contributed by atoms with E-state index in [0.29, 0.717) is 34.8 Å². The average molecular weight is 271 g/mol. The van der Waals surface area contributed by atoms with Crippen LogP contribution in [0, 0.1) is 0 Å². The van der Waals surface area contributed by atoms with Crippen LogP contribution in [-0.2, 0) is 6.54 Å². The summed E-state index contributed by atoms with van der Waals surface area (Å²) in [6.07, 6.45) is 3.01. The molecular formula is C13H13N5O2. The summed E-state index contributed by atoms with van der Waals surface area (Å²) < 4.78 is 5.23. The van der Waals surface area contributed by atoms with E-state index in [2.05, 4.69) is 25.3 Å². The number of fused-ring (bicyclic) bond motifs is 1. The van der Waals surface area contributed by atoms with Crippen LogP contribution < -0.4 is 10.1 Å². The van der Waals surface area contributed by atoms with E-state index in [9.17, 15) is 5.11 Å². The van der Waals surface area contributed by atoms with E-state index in [1.54, 1.807) is 31.6 Å². The second kappa shape index (κ2) is 5.04. The first-order chi connectivity index (χ1) is 9.79. The van der Waals surface area contributed by atoms with Gasteiger partial charge in [0.15, 0.2) is 11.5 Å². The van der Waals surface area contributed by atoms with Gasteiger partial charge in [-0.3, -0.25) is 0 Å². The van der Waals surface area contributed by atoms with Crippen molar-refractivity contribution < 1.29 is 9.84 Å². The third-order valence-corrected chi connectivity index (χ3v) is 2.98. The number of methoxy groups -OCH3 is 1. The van der Waals surface area contributed by atoms with Gasteiger partial charge in [-0.2, -0.15) is 0 Å². The van der Waals surface area contributed by atoms with E-state index < -0.39 is 0 Å². The first-order valence-corrected chi connectivity index (χ1v) is 6.02. The maximum atomic E-state index is 9.90. The molecule has 0 bridgehead atoms. The molecule has 7 heteroatoms. The number of H-pyrrole nitrogens is 1. The van der Waals surface area contributed by atoms with Crippen LogP contribution in [0.3, 0.4) is 0 Å². The molecule has 7 nitrogen and oxygen atoms in total. The van der Waals surface area contributed by atoms with Gasteiger partial charge in [-0.05, 0) is 12.1 Å². The molecule has 3 aromatic rings. The predicted molar refractivity (Wildman–Crippen MR) is 73.7 cm³/mol. The molecule has 0 amide bonds. The molecule has 0 aliphatic rings. The molecule has 3 N–H and O–H groups in total. The minimum atomic E-state index is 0.171. The molecule has 0 spiro atoms. The highest BCUT2D eigenvalue weighted by Gasteiger charge is 2.10. The monoisotopic (exact) mass is 271 g/mol. The second-order valence-corrected chi connectivity index (χ2v) is 4.13. The Morgan fingerprint density at radius 1 is 1.30 bits per heavy atom. The van der Waals surface area contributed by atoms with E-state index in [-0.39, 0.29) is 5.75 Å². The Morgan fingerprint density at radius 2 is 2.20 bits per heavy atom. The van der Waals surface area contributed by atoms with Gasteiger partial charge < -0.3 is 20.1 Å². The summed E-state index contributed by atoms with van der Waals surface area (Å²) in [4.78, 5) is 15.3. The summed E-state index contributed by atoms with van der Waals surface area (Å²) in [6, 6.07) is 5.14. The molecule has 2 aromatic heterocycles. The summed E-state index contributed by atoms with van der Waals surface area (Å²) in [5, 5.41) is 13.0. The zero-order chi connectivity index (χ0) is 13.9. The van der Waals surface area contributed by atoms with Gasteiger partial charge in [0.25, 0.3) is 0 Å². The number of aromatic nitrogens is 4. The fourth-order valence-electron chi connectivity index (χ4n) is 1.99. The van der Waals surface area contributed by atoms with Crippen LogP contribution >= 0.6 is 0 Å². The first kappa shape index (κ1) is 12.2. The van der Waals surface area contributed by atoms with Crippen LogP contribution in [0.25, 0.3) is 11.2 Å². The van der Waals surface area contributed by atoms with Gasteiger partial charge in [-0.15, -0.1) is 0 Å². The number of imidazole rings is 1. The summed E-state index contributed by atoms with van der Waals surface area (Å²) >= 11 is 0. The lowest BCUT2D eigenvalue weighted by Gasteiger charge is -2.11. The molecule has 0 saturated carbocycles. The molecule has 0 radical (unpaired) electrons. The Kier molecular flexibility index (Phi) is 3.08. The average Bonchev–Trinajstić information content (AvgIpc) is 2.94. The molecule has 0 unspecified atom stereocenters. The second-order valence-electron chi connectivity index (χ2n) is 4.13. The molecular weight excluding hydrogens is 258 g/mol. The van der Waals surface area contributed by atoms with E-state index in [1.807, 2.05) is 0 Å². The number of rotatable bonds is 4. The van der Waals surface area contributed by atoms with Crippen molar-refractivity contribution in [3.05, 3.63) is 36.4 Å². The number of nitrogens with one attached hydrogen (secondary N) is 2. The Morgan fingerprint density at radius 3 is 3.05 bits per heavy atom. The molecule has 0 aliphatic carbocycles. The van der Waals surface area contributed by atoms with Crippen LogP contribution in [0.15, 0.2) is 30.9 Å². The van der Waals surface area contributed by atoms with Crippen LogP contribution in [0.2, 0.25) is 0 Å². The lowest BCUT2D eigenvalue weighted by atomic mass is 10.1. The Hall–Kier alpha value is -2.83. The lowest BCUT2D eigenvalue weighted by Crippen LogP contribution is -2.04. The van der Waals surface area contributed by atoms with E-state index in [0.717, 1.165) is 0 Å². The smallest absolute Gasteiger partial charge is 0.162 e. The summed E-state index contributed by atoms with van der Waals surface area (Å²) in [7, 11) is 1.56. The highest BCUT2D eigenvalue weighted by molar-refractivity contribution is 5.81. The predicted octanol–water partition coefficient (Wildman–Crippen LogP) is 1.68. The Labute approximate surface area is 114 Å². The highest BCUT2D eigenvalue weighted by atomic mass is 16.5. The largest absolute Gasteiger partial charge is 0.507 e. The molecule has 102 valence electrons. The molecule has 3 rings (SSSR count). The molecule has 2 heterocycles. The Bertz CT molecular complexity index is 740. The standard InChI is InChI=1S/C13H13N5O2/c1-20-10-4-2-3-9(19)8(10)5-14-12-11-13(16-6-15-11)18-7-17-12/h2-4,6-7,19H,5H2,1H3,(H2,14,15,16,17,18). The van der Waals surface area contributed by atoms with Gasteiger partial charge in [-0.1, -0.05) is 6.07 Å².